The first-order chi connectivity index (χ1) is 12.7. The molecule has 2 aromatic heterocycles. The van der Waals surface area contributed by atoms with E-state index in [4.69, 9.17) is 4.74 Å². The first-order valence-electron chi connectivity index (χ1n) is 8.15. The van der Waals surface area contributed by atoms with E-state index in [2.05, 4.69) is 15.3 Å². The molecule has 0 saturated carbocycles. The minimum Gasteiger partial charge on any atom is -0.491 e. The predicted octanol–water partition coefficient (Wildman–Crippen LogP) is 4.69. The van der Waals surface area contributed by atoms with Crippen LogP contribution in [0.15, 0.2) is 48.7 Å². The van der Waals surface area contributed by atoms with Crippen LogP contribution >= 0.6 is 0 Å². The third-order valence-electron chi connectivity index (χ3n) is 3.59. The molecule has 3 aromatic rings. The molecule has 1 aromatic carbocycles. The zero-order valence-corrected chi connectivity index (χ0v) is 14.5. The largest absolute Gasteiger partial charge is 0.491 e. The summed E-state index contributed by atoms with van der Waals surface area (Å²) >= 11 is 0. The van der Waals surface area contributed by atoms with Gasteiger partial charge in [0.15, 0.2) is 11.3 Å². The van der Waals surface area contributed by atoms with Crippen LogP contribution in [0.25, 0.3) is 11.0 Å². The Labute approximate surface area is 153 Å². The summed E-state index contributed by atoms with van der Waals surface area (Å²) in [5.74, 6) is -0.310. The molecule has 0 aliphatic rings. The van der Waals surface area contributed by atoms with E-state index in [1.807, 2.05) is 13.8 Å². The van der Waals surface area contributed by atoms with Crippen LogP contribution in [-0.2, 0) is 6.18 Å². The number of amides is 1. The van der Waals surface area contributed by atoms with Crippen molar-refractivity contribution in [2.75, 3.05) is 5.32 Å². The van der Waals surface area contributed by atoms with E-state index in [0.29, 0.717) is 16.8 Å². The van der Waals surface area contributed by atoms with Gasteiger partial charge in [0.25, 0.3) is 5.91 Å². The van der Waals surface area contributed by atoms with Crippen molar-refractivity contribution >= 4 is 22.6 Å². The highest BCUT2D eigenvalue weighted by Gasteiger charge is 2.38. The molecule has 0 fully saturated rings. The van der Waals surface area contributed by atoms with E-state index in [1.165, 1.54) is 6.20 Å². The maximum atomic E-state index is 13.4. The summed E-state index contributed by atoms with van der Waals surface area (Å²) in [6.07, 6.45) is -3.46. The molecule has 5 nitrogen and oxygen atoms in total. The summed E-state index contributed by atoms with van der Waals surface area (Å²) < 4.78 is 45.6. The predicted molar refractivity (Wildman–Crippen MR) is 94.7 cm³/mol. The monoisotopic (exact) mass is 375 g/mol. The van der Waals surface area contributed by atoms with Crippen molar-refractivity contribution in [3.05, 3.63) is 59.9 Å². The van der Waals surface area contributed by atoms with Gasteiger partial charge >= 0.3 is 6.18 Å². The molecule has 1 N–H and O–H groups in total. The smallest absolute Gasteiger partial charge is 0.434 e. The van der Waals surface area contributed by atoms with Gasteiger partial charge in [0.1, 0.15) is 5.75 Å². The van der Waals surface area contributed by atoms with E-state index in [9.17, 15) is 18.0 Å². The topological polar surface area (TPSA) is 64.1 Å². The number of hydrogen-bond acceptors (Lipinski definition) is 4. The van der Waals surface area contributed by atoms with E-state index in [0.717, 1.165) is 6.07 Å². The summed E-state index contributed by atoms with van der Waals surface area (Å²) in [6.45, 7) is 3.74. The second-order valence-corrected chi connectivity index (χ2v) is 6.08. The molecule has 27 heavy (non-hydrogen) atoms. The fourth-order valence-corrected chi connectivity index (χ4v) is 2.48. The van der Waals surface area contributed by atoms with Gasteiger partial charge in [-0.15, -0.1) is 0 Å². The Morgan fingerprint density at radius 2 is 1.85 bits per heavy atom. The van der Waals surface area contributed by atoms with Gasteiger partial charge in [-0.2, -0.15) is 13.2 Å². The molecule has 3 rings (SSSR count). The first kappa shape index (κ1) is 18.6. The Bertz CT molecular complexity index is 970. The van der Waals surface area contributed by atoms with E-state index >= 15 is 0 Å². The molecule has 2 heterocycles. The third kappa shape index (κ3) is 4.33. The molecular weight excluding hydrogens is 359 g/mol. The van der Waals surface area contributed by atoms with Gasteiger partial charge in [-0.05, 0) is 56.3 Å². The Morgan fingerprint density at radius 1 is 1.15 bits per heavy atom. The number of fused-ring (bicyclic) bond motifs is 1. The number of rotatable bonds is 4. The maximum absolute atomic E-state index is 13.4. The second kappa shape index (κ2) is 7.22. The van der Waals surface area contributed by atoms with Crippen LogP contribution < -0.4 is 10.1 Å². The lowest BCUT2D eigenvalue weighted by atomic mass is 10.1. The quantitative estimate of drug-likeness (QED) is 0.719. The maximum Gasteiger partial charge on any atom is 0.434 e. The molecule has 0 aliphatic carbocycles. The highest BCUT2D eigenvalue weighted by Crippen LogP contribution is 2.32. The number of alkyl halides is 3. The molecule has 0 bridgehead atoms. The number of hydrogen-bond donors (Lipinski definition) is 1. The zero-order chi connectivity index (χ0) is 19.6. The molecule has 8 heteroatoms. The lowest BCUT2D eigenvalue weighted by Gasteiger charge is -2.14. The fraction of sp³-hybridized carbons (Fsp3) is 0.211. The van der Waals surface area contributed by atoms with Crippen LogP contribution in [-0.4, -0.2) is 22.0 Å². The van der Waals surface area contributed by atoms with Crippen molar-refractivity contribution in [1.29, 1.82) is 0 Å². The van der Waals surface area contributed by atoms with E-state index in [1.54, 1.807) is 36.4 Å². The molecule has 0 spiro atoms. The van der Waals surface area contributed by atoms with Crippen LogP contribution in [0.3, 0.4) is 0 Å². The van der Waals surface area contributed by atoms with Gasteiger partial charge in [0, 0.05) is 17.3 Å². The van der Waals surface area contributed by atoms with Crippen molar-refractivity contribution < 1.29 is 22.7 Å². The Morgan fingerprint density at radius 3 is 2.48 bits per heavy atom. The van der Waals surface area contributed by atoms with Crippen LogP contribution in [0.4, 0.5) is 18.9 Å². The van der Waals surface area contributed by atoms with Crippen molar-refractivity contribution in [2.24, 2.45) is 0 Å². The molecule has 0 saturated heterocycles. The van der Waals surface area contributed by atoms with Crippen LogP contribution in [0.5, 0.6) is 5.75 Å². The number of nitrogens with one attached hydrogen (secondary N) is 1. The number of ether oxygens (including phenoxy) is 1. The van der Waals surface area contributed by atoms with Crippen molar-refractivity contribution in [3.63, 3.8) is 0 Å². The van der Waals surface area contributed by atoms with Gasteiger partial charge in [-0.25, -0.2) is 9.97 Å². The fourth-order valence-electron chi connectivity index (χ4n) is 2.48. The molecule has 0 atom stereocenters. The number of nitrogens with zero attached hydrogens (tertiary/aromatic N) is 2. The highest BCUT2D eigenvalue weighted by atomic mass is 19.4. The van der Waals surface area contributed by atoms with Crippen molar-refractivity contribution in [1.82, 2.24) is 9.97 Å². The number of benzene rings is 1. The number of carbonyl (C=O) groups is 1. The molecule has 1 amide bonds. The summed E-state index contributed by atoms with van der Waals surface area (Å²) in [4.78, 5) is 19.8. The first-order valence-corrected chi connectivity index (χ1v) is 8.15. The lowest BCUT2D eigenvalue weighted by molar-refractivity contribution is -0.141. The standard InChI is InChI=1S/C19H16F3N3O2/c1-11(2)27-14-7-5-13(6-8-14)24-18(26)15-10-12-4-3-9-23-17(12)25-16(15)19(20,21)22/h3-11H,1-2H3,(H,24,26). The minimum atomic E-state index is -4.78. The average Bonchev–Trinajstić information content (AvgIpc) is 2.61. The molecule has 0 radical (unpaired) electrons. The molecule has 0 unspecified atom stereocenters. The molecule has 0 aliphatic heterocycles. The van der Waals surface area contributed by atoms with Gasteiger partial charge < -0.3 is 10.1 Å². The van der Waals surface area contributed by atoms with E-state index in [-0.39, 0.29) is 11.8 Å². The van der Waals surface area contributed by atoms with Crippen LogP contribution in [0, 0.1) is 0 Å². The molecule has 140 valence electrons. The Hall–Kier alpha value is -3.16. The van der Waals surface area contributed by atoms with Crippen LogP contribution in [0.1, 0.15) is 29.9 Å². The number of halogens is 3. The van der Waals surface area contributed by atoms with Gasteiger partial charge in [-0.1, -0.05) is 0 Å². The molecular formula is C19H16F3N3O2. The minimum absolute atomic E-state index is 0.0166. The summed E-state index contributed by atoms with van der Waals surface area (Å²) in [6, 6.07) is 10.6. The van der Waals surface area contributed by atoms with Crippen molar-refractivity contribution in [2.45, 2.75) is 26.1 Å². The van der Waals surface area contributed by atoms with Gasteiger partial charge in [0.2, 0.25) is 0 Å². The van der Waals surface area contributed by atoms with Gasteiger partial charge in [0.05, 0.1) is 11.7 Å². The van der Waals surface area contributed by atoms with Crippen LogP contribution in [0.2, 0.25) is 0 Å². The normalized spacial score (nSPS) is 11.6. The second-order valence-electron chi connectivity index (χ2n) is 6.08. The highest BCUT2D eigenvalue weighted by molar-refractivity contribution is 6.06. The Kier molecular flexibility index (Phi) is 4.98. The number of pyridine rings is 2. The SMILES string of the molecule is CC(C)Oc1ccc(NC(=O)c2cc3cccnc3nc2C(F)(F)F)cc1. The lowest BCUT2D eigenvalue weighted by Crippen LogP contribution is -2.20. The average molecular weight is 375 g/mol. The number of aromatic nitrogens is 2. The number of anilines is 1. The summed E-state index contributed by atoms with van der Waals surface area (Å²) in [7, 11) is 0. The van der Waals surface area contributed by atoms with E-state index < -0.39 is 23.3 Å². The third-order valence-corrected chi connectivity index (χ3v) is 3.59. The summed E-state index contributed by atoms with van der Waals surface area (Å²) in [5, 5.41) is 2.80. The Balaban J connectivity index is 1.92. The van der Waals surface area contributed by atoms with Crippen molar-refractivity contribution in [3.8, 4) is 5.75 Å². The number of carbonyl (C=O) groups excluding carboxylic acids is 1. The zero-order valence-electron chi connectivity index (χ0n) is 14.5. The summed E-state index contributed by atoms with van der Waals surface area (Å²) in [5.41, 5.74) is -1.57. The van der Waals surface area contributed by atoms with Gasteiger partial charge in [-0.3, -0.25) is 4.79 Å².